The van der Waals surface area contributed by atoms with E-state index in [-0.39, 0.29) is 5.92 Å². The third kappa shape index (κ3) is 2.71. The number of nitriles is 1. The zero-order valence-corrected chi connectivity index (χ0v) is 8.36. The Morgan fingerprint density at radius 1 is 1.79 bits per heavy atom. The van der Waals surface area contributed by atoms with Gasteiger partial charge < -0.3 is 9.47 Å². The summed E-state index contributed by atoms with van der Waals surface area (Å²) < 4.78 is 10.1. The monoisotopic (exact) mass is 197 g/mol. The summed E-state index contributed by atoms with van der Waals surface area (Å²) in [4.78, 5) is 11.4. The molecule has 0 aromatic heterocycles. The molecule has 14 heavy (non-hydrogen) atoms. The molecule has 1 aliphatic rings. The normalized spacial score (nSPS) is 23.6. The second-order valence-electron chi connectivity index (χ2n) is 3.34. The zero-order chi connectivity index (χ0) is 10.4. The van der Waals surface area contributed by atoms with Crippen molar-refractivity contribution in [3.8, 4) is 6.07 Å². The van der Waals surface area contributed by atoms with Gasteiger partial charge in [-0.1, -0.05) is 0 Å². The molecule has 4 heteroatoms. The van der Waals surface area contributed by atoms with Gasteiger partial charge in [-0.05, 0) is 19.8 Å². The molecule has 4 nitrogen and oxygen atoms in total. The second-order valence-corrected chi connectivity index (χ2v) is 3.34. The molecule has 0 saturated carbocycles. The minimum atomic E-state index is -0.657. The van der Waals surface area contributed by atoms with E-state index in [4.69, 9.17) is 14.7 Å². The van der Waals surface area contributed by atoms with Crippen molar-refractivity contribution >= 4 is 5.97 Å². The SMILES string of the molecule is CCOC(=O)C(C#N)C1CCCOC1. The lowest BCUT2D eigenvalue weighted by molar-refractivity contribution is -0.149. The molecule has 2 unspecified atom stereocenters. The van der Waals surface area contributed by atoms with Crippen LogP contribution in [-0.2, 0) is 14.3 Å². The van der Waals surface area contributed by atoms with Crippen molar-refractivity contribution in [1.82, 2.24) is 0 Å². The Labute approximate surface area is 83.8 Å². The highest BCUT2D eigenvalue weighted by Crippen LogP contribution is 2.22. The standard InChI is InChI=1S/C10H15NO3/c1-2-14-10(12)9(6-11)8-4-3-5-13-7-8/h8-9H,2-5,7H2,1H3. The van der Waals surface area contributed by atoms with Crippen LogP contribution in [-0.4, -0.2) is 25.8 Å². The summed E-state index contributed by atoms with van der Waals surface area (Å²) in [5, 5.41) is 8.87. The van der Waals surface area contributed by atoms with Gasteiger partial charge in [0, 0.05) is 12.5 Å². The molecule has 0 N–H and O–H groups in total. The average molecular weight is 197 g/mol. The lowest BCUT2D eigenvalue weighted by Gasteiger charge is -2.24. The maximum Gasteiger partial charge on any atom is 0.323 e. The van der Waals surface area contributed by atoms with Crippen molar-refractivity contribution in [1.29, 1.82) is 5.26 Å². The largest absolute Gasteiger partial charge is 0.465 e. The van der Waals surface area contributed by atoms with Crippen LogP contribution in [0.3, 0.4) is 0 Å². The van der Waals surface area contributed by atoms with Crippen molar-refractivity contribution in [3.63, 3.8) is 0 Å². The number of hydrogen-bond acceptors (Lipinski definition) is 4. The first-order chi connectivity index (χ1) is 6.79. The minimum absolute atomic E-state index is 0.00722. The number of rotatable bonds is 3. The number of ether oxygens (including phenoxy) is 2. The summed E-state index contributed by atoms with van der Waals surface area (Å²) in [7, 11) is 0. The molecule has 0 radical (unpaired) electrons. The van der Waals surface area contributed by atoms with Gasteiger partial charge in [0.05, 0.1) is 19.3 Å². The fourth-order valence-corrected chi connectivity index (χ4v) is 1.61. The van der Waals surface area contributed by atoms with Gasteiger partial charge in [0.1, 0.15) is 5.92 Å². The molecule has 0 aromatic carbocycles. The first-order valence-electron chi connectivity index (χ1n) is 4.93. The Morgan fingerprint density at radius 2 is 2.57 bits per heavy atom. The molecule has 0 aliphatic carbocycles. The summed E-state index contributed by atoms with van der Waals surface area (Å²) in [6.45, 7) is 3.29. The second kappa shape index (κ2) is 5.61. The topological polar surface area (TPSA) is 59.3 Å². The molecular formula is C10H15NO3. The molecule has 0 amide bonds. The van der Waals surface area contributed by atoms with Gasteiger partial charge in [-0.2, -0.15) is 5.26 Å². The molecule has 1 rings (SSSR count). The summed E-state index contributed by atoms with van der Waals surface area (Å²) in [5.74, 6) is -1.06. The van der Waals surface area contributed by atoms with Gasteiger partial charge in [-0.3, -0.25) is 4.79 Å². The Hall–Kier alpha value is -1.08. The first kappa shape index (κ1) is 11.0. The maximum atomic E-state index is 11.4. The number of carbonyl (C=O) groups excluding carboxylic acids is 1. The molecule has 0 bridgehead atoms. The predicted octanol–water partition coefficient (Wildman–Crippen LogP) is 1.12. The van der Waals surface area contributed by atoms with Crippen LogP contribution < -0.4 is 0 Å². The van der Waals surface area contributed by atoms with E-state index < -0.39 is 11.9 Å². The third-order valence-electron chi connectivity index (χ3n) is 2.35. The summed E-state index contributed by atoms with van der Waals surface area (Å²) in [6.07, 6.45) is 1.79. The highest BCUT2D eigenvalue weighted by molar-refractivity contribution is 5.75. The lowest BCUT2D eigenvalue weighted by Crippen LogP contribution is -2.30. The number of esters is 1. The Kier molecular flexibility index (Phi) is 4.41. The molecule has 0 aromatic rings. The summed E-state index contributed by atoms with van der Waals surface area (Å²) >= 11 is 0. The van der Waals surface area contributed by atoms with Crippen molar-refractivity contribution < 1.29 is 14.3 Å². The summed E-state index contributed by atoms with van der Waals surface area (Å²) in [5.41, 5.74) is 0. The fraction of sp³-hybridized carbons (Fsp3) is 0.800. The third-order valence-corrected chi connectivity index (χ3v) is 2.35. The lowest BCUT2D eigenvalue weighted by atomic mass is 9.89. The number of carbonyl (C=O) groups is 1. The molecular weight excluding hydrogens is 182 g/mol. The molecule has 1 saturated heterocycles. The van der Waals surface area contributed by atoms with E-state index in [9.17, 15) is 4.79 Å². The van der Waals surface area contributed by atoms with Crippen LogP contribution >= 0.6 is 0 Å². The number of nitrogens with zero attached hydrogens (tertiary/aromatic N) is 1. The van der Waals surface area contributed by atoms with Crippen LogP contribution in [0.25, 0.3) is 0 Å². The van der Waals surface area contributed by atoms with Crippen LogP contribution in [0.5, 0.6) is 0 Å². The van der Waals surface area contributed by atoms with Gasteiger partial charge >= 0.3 is 5.97 Å². The van der Waals surface area contributed by atoms with Gasteiger partial charge in [-0.15, -0.1) is 0 Å². The fourth-order valence-electron chi connectivity index (χ4n) is 1.61. The van der Waals surface area contributed by atoms with Gasteiger partial charge in [-0.25, -0.2) is 0 Å². The van der Waals surface area contributed by atoms with Crippen molar-refractivity contribution in [2.24, 2.45) is 11.8 Å². The van der Waals surface area contributed by atoms with Gasteiger partial charge in [0.2, 0.25) is 0 Å². The first-order valence-corrected chi connectivity index (χ1v) is 4.93. The van der Waals surface area contributed by atoms with E-state index >= 15 is 0 Å². The smallest absolute Gasteiger partial charge is 0.323 e. The van der Waals surface area contributed by atoms with Crippen molar-refractivity contribution in [3.05, 3.63) is 0 Å². The highest BCUT2D eigenvalue weighted by Gasteiger charge is 2.31. The van der Waals surface area contributed by atoms with Crippen LogP contribution in [0.2, 0.25) is 0 Å². The Bertz CT molecular complexity index is 228. The molecule has 1 aliphatic heterocycles. The quantitative estimate of drug-likeness (QED) is 0.636. The van der Waals surface area contributed by atoms with Crippen molar-refractivity contribution in [2.45, 2.75) is 19.8 Å². The van der Waals surface area contributed by atoms with Crippen LogP contribution in [0.1, 0.15) is 19.8 Å². The van der Waals surface area contributed by atoms with E-state index in [1.165, 1.54) is 0 Å². The van der Waals surface area contributed by atoms with E-state index in [0.717, 1.165) is 19.4 Å². The van der Waals surface area contributed by atoms with Gasteiger partial charge in [0.25, 0.3) is 0 Å². The van der Waals surface area contributed by atoms with Crippen LogP contribution in [0, 0.1) is 23.2 Å². The number of hydrogen-bond donors (Lipinski definition) is 0. The highest BCUT2D eigenvalue weighted by atomic mass is 16.5. The molecule has 1 fully saturated rings. The Balaban J connectivity index is 2.52. The summed E-state index contributed by atoms with van der Waals surface area (Å²) in [6, 6.07) is 2.00. The predicted molar refractivity (Wildman–Crippen MR) is 49.3 cm³/mol. The van der Waals surface area contributed by atoms with Crippen molar-refractivity contribution in [2.75, 3.05) is 19.8 Å². The molecule has 0 spiro atoms. The van der Waals surface area contributed by atoms with E-state index in [1.54, 1.807) is 6.92 Å². The Morgan fingerprint density at radius 3 is 3.07 bits per heavy atom. The van der Waals surface area contributed by atoms with Gasteiger partial charge in [0.15, 0.2) is 0 Å². The maximum absolute atomic E-state index is 11.4. The van der Waals surface area contributed by atoms with E-state index in [0.29, 0.717) is 13.2 Å². The average Bonchev–Trinajstić information content (AvgIpc) is 2.21. The van der Waals surface area contributed by atoms with E-state index in [1.807, 2.05) is 6.07 Å². The van der Waals surface area contributed by atoms with Crippen LogP contribution in [0.15, 0.2) is 0 Å². The molecule has 78 valence electrons. The van der Waals surface area contributed by atoms with Crippen LogP contribution in [0.4, 0.5) is 0 Å². The molecule has 2 atom stereocenters. The minimum Gasteiger partial charge on any atom is -0.465 e. The molecule has 1 heterocycles. The zero-order valence-electron chi connectivity index (χ0n) is 8.36. The van der Waals surface area contributed by atoms with E-state index in [2.05, 4.69) is 0 Å².